The maximum Gasteiger partial charge on any atom is 0.191 e. The fourth-order valence-corrected chi connectivity index (χ4v) is 4.01. The molecule has 1 saturated heterocycles. The Labute approximate surface area is 182 Å². The van der Waals surface area contributed by atoms with E-state index in [1.807, 2.05) is 6.20 Å². The minimum atomic E-state index is 0.488. The summed E-state index contributed by atoms with van der Waals surface area (Å²) in [4.78, 5) is 14.1. The molecule has 3 rings (SSSR count). The van der Waals surface area contributed by atoms with E-state index in [9.17, 15) is 0 Å². The maximum absolute atomic E-state index is 6.01. The smallest absolute Gasteiger partial charge is 0.191 e. The van der Waals surface area contributed by atoms with E-state index in [1.165, 1.54) is 32.1 Å². The molecule has 0 unspecified atom stereocenters. The Bertz CT molecular complexity index is 621. The molecule has 0 spiro atoms. The zero-order valence-electron chi connectivity index (χ0n) is 18.9. The van der Waals surface area contributed by atoms with E-state index in [-0.39, 0.29) is 0 Å². The number of hydrogen-bond donors (Lipinski definition) is 2. The van der Waals surface area contributed by atoms with E-state index < -0.39 is 0 Å². The van der Waals surface area contributed by atoms with Crippen LogP contribution in [0, 0.1) is 0 Å². The number of rotatable bonds is 9. The minimum Gasteiger partial charge on any atom is -0.378 e. The van der Waals surface area contributed by atoms with Crippen molar-refractivity contribution in [2.24, 2.45) is 4.99 Å². The van der Waals surface area contributed by atoms with Gasteiger partial charge in [-0.2, -0.15) is 0 Å². The van der Waals surface area contributed by atoms with Crippen molar-refractivity contribution < 1.29 is 4.74 Å². The average molecular weight is 417 g/mol. The molecule has 1 aliphatic carbocycles. The first kappa shape index (κ1) is 22.8. The van der Waals surface area contributed by atoms with Crippen molar-refractivity contribution in [1.82, 2.24) is 20.5 Å². The van der Waals surface area contributed by atoms with Gasteiger partial charge in [-0.1, -0.05) is 25.3 Å². The number of piperazine rings is 1. The molecule has 1 aromatic heterocycles. The SMILES string of the molecule is CCNC(=NCc1ccc(N2CCN(C)CC2)nc1)NCCCOC1CCCCC1. The van der Waals surface area contributed by atoms with Crippen molar-refractivity contribution in [3.05, 3.63) is 23.9 Å². The van der Waals surface area contributed by atoms with Crippen LogP contribution in [0.5, 0.6) is 0 Å². The number of nitrogens with one attached hydrogen (secondary N) is 2. The van der Waals surface area contributed by atoms with Crippen molar-refractivity contribution in [3.63, 3.8) is 0 Å². The van der Waals surface area contributed by atoms with E-state index in [4.69, 9.17) is 9.73 Å². The van der Waals surface area contributed by atoms with Gasteiger partial charge in [-0.05, 0) is 44.9 Å². The summed E-state index contributed by atoms with van der Waals surface area (Å²) in [5.41, 5.74) is 1.13. The molecule has 30 heavy (non-hydrogen) atoms. The molecule has 0 atom stereocenters. The molecule has 1 saturated carbocycles. The summed E-state index contributed by atoms with van der Waals surface area (Å²) < 4.78 is 6.01. The van der Waals surface area contributed by atoms with Gasteiger partial charge >= 0.3 is 0 Å². The highest BCUT2D eigenvalue weighted by Gasteiger charge is 2.15. The molecule has 0 radical (unpaired) electrons. The summed E-state index contributed by atoms with van der Waals surface area (Å²) in [6.07, 6.45) is 9.94. The molecule has 0 aromatic carbocycles. The van der Waals surface area contributed by atoms with Gasteiger partial charge in [0.2, 0.25) is 0 Å². The van der Waals surface area contributed by atoms with Gasteiger partial charge in [-0.15, -0.1) is 0 Å². The van der Waals surface area contributed by atoms with Gasteiger partial charge in [0.25, 0.3) is 0 Å². The maximum atomic E-state index is 6.01. The van der Waals surface area contributed by atoms with Crippen LogP contribution in [0.1, 0.15) is 51.0 Å². The molecular formula is C23H40N6O. The first-order valence-electron chi connectivity index (χ1n) is 11.8. The van der Waals surface area contributed by atoms with Gasteiger partial charge in [-0.25, -0.2) is 9.98 Å². The molecule has 2 fully saturated rings. The fraction of sp³-hybridized carbons (Fsp3) is 0.739. The van der Waals surface area contributed by atoms with Gasteiger partial charge in [-0.3, -0.25) is 0 Å². The van der Waals surface area contributed by atoms with Crippen molar-refractivity contribution >= 4 is 11.8 Å². The van der Waals surface area contributed by atoms with Crippen molar-refractivity contribution in [3.8, 4) is 0 Å². The van der Waals surface area contributed by atoms with Gasteiger partial charge in [0.15, 0.2) is 5.96 Å². The van der Waals surface area contributed by atoms with Crippen LogP contribution in [0.2, 0.25) is 0 Å². The molecule has 7 nitrogen and oxygen atoms in total. The second kappa shape index (κ2) is 12.7. The van der Waals surface area contributed by atoms with Crippen LogP contribution in [-0.2, 0) is 11.3 Å². The molecule has 0 bridgehead atoms. The lowest BCUT2D eigenvalue weighted by Gasteiger charge is -2.33. The summed E-state index contributed by atoms with van der Waals surface area (Å²) in [5, 5.41) is 6.75. The van der Waals surface area contributed by atoms with Gasteiger partial charge in [0, 0.05) is 52.1 Å². The monoisotopic (exact) mass is 416 g/mol. The Balaban J connectivity index is 1.39. The summed E-state index contributed by atoms with van der Waals surface area (Å²) in [5.74, 6) is 1.93. The Kier molecular flexibility index (Phi) is 9.70. The highest BCUT2D eigenvalue weighted by molar-refractivity contribution is 5.79. The number of anilines is 1. The minimum absolute atomic E-state index is 0.488. The summed E-state index contributed by atoms with van der Waals surface area (Å²) in [6.45, 7) is 9.55. The first-order valence-corrected chi connectivity index (χ1v) is 11.8. The molecule has 2 N–H and O–H groups in total. The van der Waals surface area contributed by atoms with Crippen LogP contribution in [0.3, 0.4) is 0 Å². The summed E-state index contributed by atoms with van der Waals surface area (Å²) in [6, 6.07) is 4.27. The number of nitrogens with zero attached hydrogens (tertiary/aromatic N) is 4. The topological polar surface area (TPSA) is 65.0 Å². The highest BCUT2D eigenvalue weighted by Crippen LogP contribution is 2.20. The van der Waals surface area contributed by atoms with Crippen LogP contribution in [0.15, 0.2) is 23.3 Å². The third kappa shape index (κ3) is 7.76. The molecule has 0 amide bonds. The zero-order chi connectivity index (χ0) is 21.0. The number of aliphatic imine (C=N–C) groups is 1. The lowest BCUT2D eigenvalue weighted by molar-refractivity contribution is 0.0277. The number of hydrogen-bond acceptors (Lipinski definition) is 5. The Morgan fingerprint density at radius 1 is 1.13 bits per heavy atom. The first-order chi connectivity index (χ1) is 14.7. The second-order valence-corrected chi connectivity index (χ2v) is 8.42. The number of guanidine groups is 1. The second-order valence-electron chi connectivity index (χ2n) is 8.42. The molecule has 168 valence electrons. The van der Waals surface area contributed by atoms with Crippen LogP contribution >= 0.6 is 0 Å². The Morgan fingerprint density at radius 2 is 1.93 bits per heavy atom. The summed E-state index contributed by atoms with van der Waals surface area (Å²) in [7, 11) is 2.17. The predicted molar refractivity (Wildman–Crippen MR) is 124 cm³/mol. The fourth-order valence-electron chi connectivity index (χ4n) is 4.01. The van der Waals surface area contributed by atoms with Crippen LogP contribution < -0.4 is 15.5 Å². The molecule has 1 aliphatic heterocycles. The molecule has 1 aromatic rings. The normalized spacial score (nSPS) is 19.1. The van der Waals surface area contributed by atoms with Crippen molar-refractivity contribution in [2.45, 2.75) is 58.1 Å². The standard InChI is InChI=1S/C23H40N6O/c1-3-24-23(25-12-7-17-30-21-8-5-4-6-9-21)27-19-20-10-11-22(26-18-20)29-15-13-28(2)14-16-29/h10-11,18,21H,3-9,12-17,19H2,1-2H3,(H2,24,25,27). The van der Waals surface area contributed by atoms with Crippen molar-refractivity contribution in [2.75, 3.05) is 57.8 Å². The number of pyridine rings is 1. The molecule has 2 heterocycles. The largest absolute Gasteiger partial charge is 0.378 e. The molecule has 2 aliphatic rings. The summed E-state index contributed by atoms with van der Waals surface area (Å²) >= 11 is 0. The van der Waals surface area contributed by atoms with E-state index in [0.29, 0.717) is 12.6 Å². The van der Waals surface area contributed by atoms with Crippen LogP contribution in [0.25, 0.3) is 0 Å². The van der Waals surface area contributed by atoms with E-state index in [2.05, 4.69) is 51.5 Å². The van der Waals surface area contributed by atoms with Crippen LogP contribution in [-0.4, -0.2) is 74.9 Å². The lowest BCUT2D eigenvalue weighted by atomic mass is 9.98. The molecular weight excluding hydrogens is 376 g/mol. The molecule has 7 heteroatoms. The zero-order valence-corrected chi connectivity index (χ0v) is 18.9. The Morgan fingerprint density at radius 3 is 2.63 bits per heavy atom. The van der Waals surface area contributed by atoms with Gasteiger partial charge in [0.05, 0.1) is 12.6 Å². The average Bonchev–Trinajstić information content (AvgIpc) is 2.79. The van der Waals surface area contributed by atoms with E-state index in [0.717, 1.165) is 69.6 Å². The number of aromatic nitrogens is 1. The third-order valence-corrected chi connectivity index (χ3v) is 5.92. The van der Waals surface area contributed by atoms with Crippen LogP contribution in [0.4, 0.5) is 5.82 Å². The van der Waals surface area contributed by atoms with E-state index >= 15 is 0 Å². The van der Waals surface area contributed by atoms with E-state index in [1.54, 1.807) is 0 Å². The predicted octanol–water partition coefficient (Wildman–Crippen LogP) is 2.63. The third-order valence-electron chi connectivity index (χ3n) is 5.92. The van der Waals surface area contributed by atoms with Gasteiger partial charge in [0.1, 0.15) is 5.82 Å². The van der Waals surface area contributed by atoms with Gasteiger partial charge < -0.3 is 25.2 Å². The quantitative estimate of drug-likeness (QED) is 0.367. The lowest BCUT2D eigenvalue weighted by Crippen LogP contribution is -2.44. The highest BCUT2D eigenvalue weighted by atomic mass is 16.5. The Hall–Kier alpha value is -1.86. The van der Waals surface area contributed by atoms with Crippen molar-refractivity contribution in [1.29, 1.82) is 0 Å². The number of ether oxygens (including phenoxy) is 1. The number of likely N-dealkylation sites (N-methyl/N-ethyl adjacent to an activating group) is 1.